The largest absolute Gasteiger partial charge is 0.376 e. The van der Waals surface area contributed by atoms with Crippen LogP contribution >= 0.6 is 0 Å². The Morgan fingerprint density at radius 2 is 1.41 bits per heavy atom. The number of nitrogens with one attached hydrogen (secondary N) is 1. The maximum atomic E-state index is 13.1. The van der Waals surface area contributed by atoms with Crippen molar-refractivity contribution in [3.05, 3.63) is 120 Å². The number of hydrogen-bond acceptors (Lipinski definition) is 2. The zero-order chi connectivity index (χ0) is 22.6. The van der Waals surface area contributed by atoms with Gasteiger partial charge in [-0.2, -0.15) is 0 Å². The molecule has 0 heterocycles. The van der Waals surface area contributed by atoms with Gasteiger partial charge in [0.2, 0.25) is 5.91 Å². The van der Waals surface area contributed by atoms with E-state index in [0.717, 1.165) is 17.5 Å². The fourth-order valence-electron chi connectivity index (χ4n) is 3.73. The number of carbonyl (C=O) groups is 1. The molecular weight excluding hydrogens is 394 g/mol. The van der Waals surface area contributed by atoms with Crippen molar-refractivity contribution in [3.8, 4) is 0 Å². The summed E-state index contributed by atoms with van der Waals surface area (Å²) in [5, 5.41) is 3.18. The second kappa shape index (κ2) is 12.6. The number of benzene rings is 3. The summed E-state index contributed by atoms with van der Waals surface area (Å²) in [6.45, 7) is 5.30. The van der Waals surface area contributed by atoms with Crippen LogP contribution in [0.5, 0.6) is 0 Å². The molecular formula is C29H33NO2. The van der Waals surface area contributed by atoms with Crippen LogP contribution in [0.4, 0.5) is 0 Å². The minimum absolute atomic E-state index is 0.00768. The van der Waals surface area contributed by atoms with E-state index >= 15 is 0 Å². The summed E-state index contributed by atoms with van der Waals surface area (Å²) in [6, 6.07) is 30.4. The van der Waals surface area contributed by atoms with Crippen molar-refractivity contribution in [1.82, 2.24) is 5.32 Å². The first-order valence-electron chi connectivity index (χ1n) is 11.3. The Labute approximate surface area is 192 Å². The summed E-state index contributed by atoms with van der Waals surface area (Å²) in [4.78, 5) is 13.1. The number of hydrogen-bond donors (Lipinski definition) is 1. The maximum Gasteiger partial charge on any atom is 0.224 e. The molecule has 0 unspecified atom stereocenters. The zero-order valence-electron chi connectivity index (χ0n) is 19.0. The highest BCUT2D eigenvalue weighted by Gasteiger charge is 2.24. The first-order valence-corrected chi connectivity index (χ1v) is 11.3. The fraction of sp³-hybridized carbons (Fsp3) is 0.276. The summed E-state index contributed by atoms with van der Waals surface area (Å²) in [5.74, 6) is -0.126. The quantitative estimate of drug-likeness (QED) is 0.282. The molecule has 0 aliphatic carbocycles. The molecule has 0 spiro atoms. The molecule has 0 aliphatic heterocycles. The van der Waals surface area contributed by atoms with Crippen molar-refractivity contribution in [2.24, 2.45) is 5.92 Å². The van der Waals surface area contributed by atoms with E-state index in [1.165, 1.54) is 5.56 Å². The first kappa shape index (κ1) is 23.5. The molecule has 32 heavy (non-hydrogen) atoms. The molecule has 3 heteroatoms. The van der Waals surface area contributed by atoms with Crippen molar-refractivity contribution in [1.29, 1.82) is 0 Å². The lowest BCUT2D eigenvalue weighted by Crippen LogP contribution is -2.34. The van der Waals surface area contributed by atoms with Gasteiger partial charge in [0, 0.05) is 11.8 Å². The van der Waals surface area contributed by atoms with E-state index in [1.54, 1.807) is 0 Å². The van der Waals surface area contributed by atoms with Crippen molar-refractivity contribution in [2.45, 2.75) is 38.8 Å². The van der Waals surface area contributed by atoms with Crippen LogP contribution in [0.3, 0.4) is 0 Å². The summed E-state index contributed by atoms with van der Waals surface area (Å²) in [5.41, 5.74) is 3.43. The van der Waals surface area contributed by atoms with Gasteiger partial charge < -0.3 is 10.1 Å². The summed E-state index contributed by atoms with van der Waals surface area (Å²) in [6.07, 6.45) is 5.09. The molecule has 3 rings (SSSR count). The Morgan fingerprint density at radius 1 is 0.844 bits per heavy atom. The molecule has 0 saturated heterocycles. The van der Waals surface area contributed by atoms with Gasteiger partial charge in [-0.15, -0.1) is 0 Å². The second-order valence-electron chi connectivity index (χ2n) is 8.12. The van der Waals surface area contributed by atoms with Crippen LogP contribution in [0.25, 0.3) is 0 Å². The number of rotatable bonds is 11. The van der Waals surface area contributed by atoms with Crippen LogP contribution in [0.15, 0.2) is 103 Å². The Kier molecular flexibility index (Phi) is 9.27. The number of amides is 1. The summed E-state index contributed by atoms with van der Waals surface area (Å²) < 4.78 is 5.79. The SMILES string of the molecule is C[C@H](C(=O)N[C@H](C)c1ccccc1)[C@@H](/C=C/CCOCc1ccccc1)c1ccccc1. The lowest BCUT2D eigenvalue weighted by molar-refractivity contribution is -0.125. The van der Waals surface area contributed by atoms with Gasteiger partial charge in [-0.3, -0.25) is 4.79 Å². The van der Waals surface area contributed by atoms with Crippen molar-refractivity contribution < 1.29 is 9.53 Å². The molecule has 166 valence electrons. The average molecular weight is 428 g/mol. The molecule has 3 aromatic rings. The first-order chi connectivity index (χ1) is 15.6. The third-order valence-corrected chi connectivity index (χ3v) is 5.68. The third-order valence-electron chi connectivity index (χ3n) is 5.68. The summed E-state index contributed by atoms with van der Waals surface area (Å²) >= 11 is 0. The van der Waals surface area contributed by atoms with Crippen LogP contribution < -0.4 is 5.32 Å². The van der Waals surface area contributed by atoms with E-state index in [1.807, 2.05) is 80.6 Å². The Hall–Kier alpha value is -3.17. The maximum absolute atomic E-state index is 13.1. The van der Waals surface area contributed by atoms with E-state index in [0.29, 0.717) is 13.2 Å². The van der Waals surface area contributed by atoms with Gasteiger partial charge in [0.15, 0.2) is 0 Å². The van der Waals surface area contributed by atoms with Crippen molar-refractivity contribution >= 4 is 5.91 Å². The average Bonchev–Trinajstić information content (AvgIpc) is 2.85. The molecule has 1 N–H and O–H groups in total. The van der Waals surface area contributed by atoms with Crippen molar-refractivity contribution in [2.75, 3.05) is 6.61 Å². The minimum atomic E-state index is -0.190. The van der Waals surface area contributed by atoms with Crippen LogP contribution in [0.1, 0.15) is 48.9 Å². The molecule has 3 atom stereocenters. The van der Waals surface area contributed by atoms with Gasteiger partial charge in [0.1, 0.15) is 0 Å². The van der Waals surface area contributed by atoms with Gasteiger partial charge in [0.25, 0.3) is 0 Å². The molecule has 0 fully saturated rings. The molecule has 0 radical (unpaired) electrons. The third kappa shape index (κ3) is 7.21. The second-order valence-corrected chi connectivity index (χ2v) is 8.12. The zero-order valence-corrected chi connectivity index (χ0v) is 19.0. The highest BCUT2D eigenvalue weighted by molar-refractivity contribution is 5.80. The van der Waals surface area contributed by atoms with Crippen LogP contribution in [0.2, 0.25) is 0 Å². The monoisotopic (exact) mass is 427 g/mol. The van der Waals surface area contributed by atoms with E-state index in [-0.39, 0.29) is 23.8 Å². The molecule has 1 amide bonds. The highest BCUT2D eigenvalue weighted by Crippen LogP contribution is 2.27. The Bertz CT molecular complexity index is 954. The normalized spacial score (nSPS) is 14.1. The van der Waals surface area contributed by atoms with Gasteiger partial charge >= 0.3 is 0 Å². The predicted octanol–water partition coefficient (Wildman–Crippen LogP) is 6.45. The van der Waals surface area contributed by atoms with E-state index in [9.17, 15) is 4.79 Å². The van der Waals surface area contributed by atoms with Gasteiger partial charge in [-0.1, -0.05) is 110 Å². The van der Waals surface area contributed by atoms with Gasteiger partial charge in [0.05, 0.1) is 19.3 Å². The highest BCUT2D eigenvalue weighted by atomic mass is 16.5. The minimum Gasteiger partial charge on any atom is -0.376 e. The predicted molar refractivity (Wildman–Crippen MR) is 131 cm³/mol. The smallest absolute Gasteiger partial charge is 0.224 e. The van der Waals surface area contributed by atoms with Gasteiger partial charge in [-0.25, -0.2) is 0 Å². The number of ether oxygens (including phenoxy) is 1. The van der Waals surface area contributed by atoms with Gasteiger partial charge in [-0.05, 0) is 30.0 Å². The van der Waals surface area contributed by atoms with Crippen LogP contribution in [0, 0.1) is 5.92 Å². The van der Waals surface area contributed by atoms with E-state index in [2.05, 4.69) is 41.7 Å². The van der Waals surface area contributed by atoms with Crippen molar-refractivity contribution in [3.63, 3.8) is 0 Å². The van der Waals surface area contributed by atoms with Crippen LogP contribution in [-0.4, -0.2) is 12.5 Å². The molecule has 0 aliphatic rings. The van der Waals surface area contributed by atoms with Crippen LogP contribution in [-0.2, 0) is 16.1 Å². The lowest BCUT2D eigenvalue weighted by Gasteiger charge is -2.23. The standard InChI is InChI=1S/C29H33NO2/c1-23(29(31)30-24(2)26-16-8-4-9-17-26)28(27-18-10-5-11-19-27)20-12-13-21-32-22-25-14-6-3-7-15-25/h3-12,14-20,23-24,28H,13,21-22H2,1-2H3,(H,30,31)/b20-12+/t23-,24+,28+/m0/s1. The molecule has 3 nitrogen and oxygen atoms in total. The van der Waals surface area contributed by atoms with E-state index < -0.39 is 0 Å². The lowest BCUT2D eigenvalue weighted by atomic mass is 9.86. The Morgan fingerprint density at radius 3 is 2.03 bits per heavy atom. The van der Waals surface area contributed by atoms with E-state index in [4.69, 9.17) is 4.74 Å². The molecule has 0 aromatic heterocycles. The molecule has 3 aromatic carbocycles. The topological polar surface area (TPSA) is 38.3 Å². The summed E-state index contributed by atoms with van der Waals surface area (Å²) in [7, 11) is 0. The fourth-order valence-corrected chi connectivity index (χ4v) is 3.73. The number of allylic oxidation sites excluding steroid dienone is 1. The number of carbonyl (C=O) groups excluding carboxylic acids is 1. The molecule has 0 saturated carbocycles. The molecule has 0 bridgehead atoms. The Balaban J connectivity index is 1.58.